The average molecular weight is 377 g/mol. The Morgan fingerprint density at radius 3 is 2.64 bits per heavy atom. The molecule has 3 rings (SSSR count). The zero-order valence-electron chi connectivity index (χ0n) is 13.5. The molecule has 1 saturated heterocycles. The maximum absolute atomic E-state index is 12.4. The molecule has 0 aromatic heterocycles. The van der Waals surface area contributed by atoms with Crippen LogP contribution in [-0.4, -0.2) is 29.8 Å². The number of likely N-dealkylation sites (tertiary alicyclic amines) is 1. The van der Waals surface area contributed by atoms with Crippen molar-refractivity contribution in [2.24, 2.45) is 5.92 Å². The van der Waals surface area contributed by atoms with E-state index in [4.69, 9.17) is 23.2 Å². The highest BCUT2D eigenvalue weighted by Gasteiger charge is 2.34. The van der Waals surface area contributed by atoms with Crippen molar-refractivity contribution in [3.05, 3.63) is 64.1 Å². The number of amides is 2. The van der Waals surface area contributed by atoms with E-state index >= 15 is 0 Å². The lowest BCUT2D eigenvalue weighted by Crippen LogP contribution is -2.30. The Morgan fingerprint density at radius 1 is 1.16 bits per heavy atom. The fourth-order valence-electron chi connectivity index (χ4n) is 2.90. The van der Waals surface area contributed by atoms with Crippen molar-refractivity contribution >= 4 is 40.7 Å². The zero-order chi connectivity index (χ0) is 17.8. The first-order valence-electron chi connectivity index (χ1n) is 8.10. The monoisotopic (exact) mass is 376 g/mol. The zero-order valence-corrected chi connectivity index (χ0v) is 15.1. The Labute approximate surface area is 156 Å². The minimum atomic E-state index is -0.366. The van der Waals surface area contributed by atoms with Crippen LogP contribution in [0.2, 0.25) is 10.0 Å². The van der Waals surface area contributed by atoms with Crippen LogP contribution < -0.4 is 5.32 Å². The van der Waals surface area contributed by atoms with E-state index in [1.807, 2.05) is 30.3 Å². The fraction of sp³-hybridized carbons (Fsp3) is 0.263. The molecule has 1 N–H and O–H groups in total. The van der Waals surface area contributed by atoms with Crippen molar-refractivity contribution in [3.63, 3.8) is 0 Å². The number of anilines is 1. The Hall–Kier alpha value is -2.04. The first-order valence-corrected chi connectivity index (χ1v) is 8.86. The molecule has 1 unspecified atom stereocenters. The van der Waals surface area contributed by atoms with E-state index in [0.717, 1.165) is 6.42 Å². The van der Waals surface area contributed by atoms with Gasteiger partial charge in [0.25, 0.3) is 0 Å². The molecule has 0 radical (unpaired) electrons. The Morgan fingerprint density at radius 2 is 1.92 bits per heavy atom. The highest BCUT2D eigenvalue weighted by Crippen LogP contribution is 2.27. The molecule has 0 aliphatic carbocycles. The summed E-state index contributed by atoms with van der Waals surface area (Å²) in [6.45, 7) is 1.05. The molecular formula is C19H18Cl2N2O2. The number of benzene rings is 2. The van der Waals surface area contributed by atoms with Gasteiger partial charge in [0.1, 0.15) is 0 Å². The van der Waals surface area contributed by atoms with Gasteiger partial charge in [0.05, 0.1) is 16.6 Å². The second kappa shape index (κ2) is 7.89. The summed E-state index contributed by atoms with van der Waals surface area (Å²) in [5, 5.41) is 3.67. The Bertz CT molecular complexity index is 780. The number of rotatable bonds is 5. The smallest absolute Gasteiger partial charge is 0.229 e. The number of nitrogens with zero attached hydrogens (tertiary/aromatic N) is 1. The number of halogens is 2. The highest BCUT2D eigenvalue weighted by molar-refractivity contribution is 6.36. The third-order valence-electron chi connectivity index (χ3n) is 4.29. The molecule has 1 heterocycles. The van der Waals surface area contributed by atoms with E-state index in [1.54, 1.807) is 23.1 Å². The molecule has 6 heteroatoms. The van der Waals surface area contributed by atoms with E-state index < -0.39 is 0 Å². The summed E-state index contributed by atoms with van der Waals surface area (Å²) in [6.07, 6.45) is 1.01. The van der Waals surface area contributed by atoms with E-state index in [0.29, 0.717) is 28.8 Å². The minimum absolute atomic E-state index is 0.0123. The van der Waals surface area contributed by atoms with Gasteiger partial charge in [-0.15, -0.1) is 0 Å². The van der Waals surface area contributed by atoms with Crippen LogP contribution in [0.1, 0.15) is 12.0 Å². The van der Waals surface area contributed by atoms with Crippen molar-refractivity contribution in [1.29, 1.82) is 0 Å². The summed E-state index contributed by atoms with van der Waals surface area (Å²) in [4.78, 5) is 26.4. The highest BCUT2D eigenvalue weighted by atomic mass is 35.5. The molecule has 130 valence electrons. The lowest BCUT2D eigenvalue weighted by atomic mass is 10.1. The van der Waals surface area contributed by atoms with Gasteiger partial charge in [-0.1, -0.05) is 53.5 Å². The molecule has 25 heavy (non-hydrogen) atoms. The molecule has 1 aliphatic heterocycles. The Balaban J connectivity index is 1.57. The van der Waals surface area contributed by atoms with Crippen LogP contribution in [0.5, 0.6) is 0 Å². The number of nitrogens with one attached hydrogen (secondary N) is 1. The number of hydrogen-bond acceptors (Lipinski definition) is 2. The maximum Gasteiger partial charge on any atom is 0.229 e. The van der Waals surface area contributed by atoms with E-state index in [1.165, 1.54) is 5.56 Å². The van der Waals surface area contributed by atoms with Crippen molar-refractivity contribution in [1.82, 2.24) is 4.90 Å². The van der Waals surface area contributed by atoms with Crippen LogP contribution in [0.3, 0.4) is 0 Å². The topological polar surface area (TPSA) is 49.4 Å². The predicted molar refractivity (Wildman–Crippen MR) is 99.9 cm³/mol. The fourth-order valence-corrected chi connectivity index (χ4v) is 3.35. The lowest BCUT2D eigenvalue weighted by Gasteiger charge is -2.16. The van der Waals surface area contributed by atoms with Gasteiger partial charge in [-0.2, -0.15) is 0 Å². The summed E-state index contributed by atoms with van der Waals surface area (Å²) in [5.41, 5.74) is 1.68. The summed E-state index contributed by atoms with van der Waals surface area (Å²) < 4.78 is 0. The molecule has 1 fully saturated rings. The van der Waals surface area contributed by atoms with Crippen LogP contribution in [0, 0.1) is 5.92 Å². The van der Waals surface area contributed by atoms with E-state index in [-0.39, 0.29) is 24.2 Å². The van der Waals surface area contributed by atoms with Crippen LogP contribution in [0.15, 0.2) is 48.5 Å². The Kier molecular flexibility index (Phi) is 5.61. The summed E-state index contributed by atoms with van der Waals surface area (Å²) in [6, 6.07) is 14.9. The summed E-state index contributed by atoms with van der Waals surface area (Å²) in [7, 11) is 0. The maximum atomic E-state index is 12.4. The van der Waals surface area contributed by atoms with Crippen LogP contribution in [0.25, 0.3) is 0 Å². The number of carbonyl (C=O) groups is 2. The molecule has 1 atom stereocenters. The van der Waals surface area contributed by atoms with Gasteiger partial charge in [0, 0.05) is 24.5 Å². The first-order chi connectivity index (χ1) is 12.0. The summed E-state index contributed by atoms with van der Waals surface area (Å²) >= 11 is 11.9. The lowest BCUT2D eigenvalue weighted by molar-refractivity contribution is -0.128. The third kappa shape index (κ3) is 4.53. The van der Waals surface area contributed by atoms with Gasteiger partial charge < -0.3 is 10.2 Å². The summed E-state index contributed by atoms with van der Waals surface area (Å²) in [5.74, 6) is -0.548. The quantitative estimate of drug-likeness (QED) is 0.856. The standard InChI is InChI=1S/C19H18Cl2N2O2/c20-15-6-7-17(16(21)11-15)22-19(25)14-10-18(24)23(12-14)9-8-13-4-2-1-3-5-13/h1-7,11,14H,8-10,12H2,(H,22,25). The molecule has 1 aliphatic rings. The van der Waals surface area contributed by atoms with E-state index in [9.17, 15) is 9.59 Å². The van der Waals surface area contributed by atoms with Gasteiger partial charge in [0.2, 0.25) is 11.8 Å². The first kappa shape index (κ1) is 17.8. The number of carbonyl (C=O) groups excluding carboxylic acids is 2. The van der Waals surface area contributed by atoms with Gasteiger partial charge >= 0.3 is 0 Å². The predicted octanol–water partition coefficient (Wildman–Crippen LogP) is 4.02. The largest absolute Gasteiger partial charge is 0.342 e. The van der Waals surface area contributed by atoms with Crippen LogP contribution in [0.4, 0.5) is 5.69 Å². The van der Waals surface area contributed by atoms with E-state index in [2.05, 4.69) is 5.32 Å². The normalized spacial score (nSPS) is 17.0. The molecule has 0 spiro atoms. The van der Waals surface area contributed by atoms with Crippen molar-refractivity contribution in [2.45, 2.75) is 12.8 Å². The van der Waals surface area contributed by atoms with Gasteiger partial charge in [-0.3, -0.25) is 9.59 Å². The molecule has 0 bridgehead atoms. The van der Waals surface area contributed by atoms with Gasteiger partial charge in [0.15, 0.2) is 0 Å². The average Bonchev–Trinajstić information content (AvgIpc) is 2.97. The van der Waals surface area contributed by atoms with Crippen LogP contribution >= 0.6 is 23.2 Å². The molecule has 2 aromatic rings. The van der Waals surface area contributed by atoms with Crippen molar-refractivity contribution in [2.75, 3.05) is 18.4 Å². The number of hydrogen-bond donors (Lipinski definition) is 1. The van der Waals surface area contributed by atoms with Crippen molar-refractivity contribution < 1.29 is 9.59 Å². The second-order valence-corrected chi connectivity index (χ2v) is 6.93. The molecule has 4 nitrogen and oxygen atoms in total. The third-order valence-corrected chi connectivity index (χ3v) is 4.84. The molecular weight excluding hydrogens is 359 g/mol. The molecule has 2 amide bonds. The van der Waals surface area contributed by atoms with Crippen molar-refractivity contribution in [3.8, 4) is 0 Å². The molecule has 0 saturated carbocycles. The SMILES string of the molecule is O=C(Nc1ccc(Cl)cc1Cl)C1CC(=O)N(CCc2ccccc2)C1. The van der Waals surface area contributed by atoms with Crippen LogP contribution in [-0.2, 0) is 16.0 Å². The van der Waals surface area contributed by atoms with Gasteiger partial charge in [-0.25, -0.2) is 0 Å². The second-order valence-electron chi connectivity index (χ2n) is 6.09. The van der Waals surface area contributed by atoms with Gasteiger partial charge in [-0.05, 0) is 30.2 Å². The molecule has 2 aromatic carbocycles. The minimum Gasteiger partial charge on any atom is -0.342 e.